The van der Waals surface area contributed by atoms with Crippen LogP contribution in [-0.4, -0.2) is 75.0 Å². The summed E-state index contributed by atoms with van der Waals surface area (Å²) < 4.78 is 9.25. The van der Waals surface area contributed by atoms with Crippen molar-refractivity contribution in [1.82, 2.24) is 21.3 Å². The molecule has 0 radical (unpaired) electrons. The van der Waals surface area contributed by atoms with Crippen molar-refractivity contribution in [2.45, 2.75) is 39.5 Å². The molecule has 0 aromatic carbocycles. The van der Waals surface area contributed by atoms with Crippen molar-refractivity contribution in [2.24, 2.45) is 0 Å². The Bertz CT molecular complexity index is 557. The third-order valence-electron chi connectivity index (χ3n) is 3.48. The summed E-state index contributed by atoms with van der Waals surface area (Å²) in [5.74, 6) is -4.73. The molecule has 0 unspecified atom stereocenters. The maximum Gasteiger partial charge on any atom is 0.325 e. The average Bonchev–Trinajstić information content (AvgIpc) is 2.72. The lowest BCUT2D eigenvalue weighted by Gasteiger charge is -2.07. The van der Waals surface area contributed by atoms with Crippen LogP contribution < -0.4 is 21.3 Å². The van der Waals surface area contributed by atoms with E-state index in [1.807, 2.05) is 0 Å². The summed E-state index contributed by atoms with van der Waals surface area (Å²) in [5.41, 5.74) is 0. The van der Waals surface area contributed by atoms with Gasteiger partial charge in [-0.05, 0) is 26.7 Å². The van der Waals surface area contributed by atoms with Crippen LogP contribution in [0.5, 0.6) is 0 Å². The normalized spacial score (nSPS) is 9.80. The van der Waals surface area contributed by atoms with Crippen molar-refractivity contribution in [2.75, 3.05) is 39.4 Å². The van der Waals surface area contributed by atoms with Crippen LogP contribution in [0.1, 0.15) is 39.5 Å². The number of rotatable bonds is 13. The first-order valence-corrected chi connectivity index (χ1v) is 9.75. The molecule has 0 saturated carbocycles. The van der Waals surface area contributed by atoms with Crippen LogP contribution >= 0.6 is 0 Å². The number of hydrogen-bond acceptors (Lipinski definition) is 8. The number of amides is 4. The Balaban J connectivity index is 3.68. The molecule has 0 rings (SSSR count). The first kappa shape index (κ1) is 26.8. The van der Waals surface area contributed by atoms with E-state index in [0.29, 0.717) is 12.8 Å². The Morgan fingerprint density at radius 2 is 0.867 bits per heavy atom. The van der Waals surface area contributed by atoms with E-state index in [1.54, 1.807) is 13.8 Å². The summed E-state index contributed by atoms with van der Waals surface area (Å²) in [6.07, 6.45) is 2.70. The third-order valence-corrected chi connectivity index (χ3v) is 3.48. The van der Waals surface area contributed by atoms with Crippen molar-refractivity contribution in [1.29, 1.82) is 0 Å². The monoisotopic (exact) mass is 430 g/mol. The van der Waals surface area contributed by atoms with Crippen LogP contribution in [0.2, 0.25) is 0 Å². The van der Waals surface area contributed by atoms with Gasteiger partial charge in [-0.2, -0.15) is 0 Å². The van der Waals surface area contributed by atoms with Gasteiger partial charge in [-0.15, -0.1) is 0 Å². The zero-order chi connectivity index (χ0) is 22.8. The summed E-state index contributed by atoms with van der Waals surface area (Å²) in [5, 5.41) is 9.17. The quantitative estimate of drug-likeness (QED) is 0.150. The lowest BCUT2D eigenvalue weighted by atomic mass is 10.2. The molecule has 0 fully saturated rings. The molecule has 0 aromatic rings. The number of carbonyl (C=O) groups is 6. The molecular formula is C18H30N4O8. The van der Waals surface area contributed by atoms with Crippen molar-refractivity contribution in [3.8, 4) is 0 Å². The minimum Gasteiger partial charge on any atom is -0.465 e. The van der Waals surface area contributed by atoms with Gasteiger partial charge in [0.25, 0.3) is 0 Å². The van der Waals surface area contributed by atoms with Gasteiger partial charge in [0.05, 0.1) is 13.2 Å². The van der Waals surface area contributed by atoms with Gasteiger partial charge < -0.3 is 30.7 Å². The molecule has 30 heavy (non-hydrogen) atoms. The number of ether oxygens (including phenoxy) is 2. The SMILES string of the molecule is CCOC(=O)CNC(=O)C(=O)NCCCCCCNC(=O)C(=O)NCC(=O)OCC. The Labute approximate surface area is 174 Å². The minimum absolute atomic E-state index is 0.188. The number of esters is 2. The molecular weight excluding hydrogens is 400 g/mol. The van der Waals surface area contributed by atoms with Gasteiger partial charge in [0.15, 0.2) is 0 Å². The summed E-state index contributed by atoms with van der Waals surface area (Å²) >= 11 is 0. The molecule has 0 bridgehead atoms. The molecule has 12 nitrogen and oxygen atoms in total. The topological polar surface area (TPSA) is 169 Å². The highest BCUT2D eigenvalue weighted by molar-refractivity contribution is 6.35. The Morgan fingerprint density at radius 1 is 0.533 bits per heavy atom. The minimum atomic E-state index is -0.910. The van der Waals surface area contributed by atoms with Crippen molar-refractivity contribution >= 4 is 35.6 Å². The lowest BCUT2D eigenvalue weighted by Crippen LogP contribution is -2.42. The van der Waals surface area contributed by atoms with E-state index in [-0.39, 0.29) is 39.4 Å². The Hall–Kier alpha value is -3.18. The molecule has 0 heterocycles. The van der Waals surface area contributed by atoms with Gasteiger partial charge >= 0.3 is 35.6 Å². The standard InChI is InChI=1S/C18H30N4O8/c1-3-29-13(23)11-21-17(27)15(25)19-9-7-5-6-8-10-20-16(26)18(28)22-12-14(24)30-4-2/h3-12H2,1-2H3,(H,19,25)(H,20,26)(H,21,27)(H,22,28). The smallest absolute Gasteiger partial charge is 0.325 e. The Morgan fingerprint density at radius 3 is 1.20 bits per heavy atom. The zero-order valence-corrected chi connectivity index (χ0v) is 17.3. The van der Waals surface area contributed by atoms with Crippen LogP contribution in [0.15, 0.2) is 0 Å². The third kappa shape index (κ3) is 13.9. The molecule has 0 aliphatic carbocycles. The van der Waals surface area contributed by atoms with E-state index in [1.165, 1.54) is 0 Å². The highest BCUT2D eigenvalue weighted by Crippen LogP contribution is 1.97. The van der Waals surface area contributed by atoms with E-state index in [4.69, 9.17) is 0 Å². The van der Waals surface area contributed by atoms with E-state index >= 15 is 0 Å². The Kier molecular flexibility index (Phi) is 15.0. The van der Waals surface area contributed by atoms with E-state index < -0.39 is 35.6 Å². The van der Waals surface area contributed by atoms with Crippen molar-refractivity contribution in [3.05, 3.63) is 0 Å². The predicted octanol–water partition coefficient (Wildman–Crippen LogP) is -1.86. The van der Waals surface area contributed by atoms with Gasteiger partial charge in [-0.3, -0.25) is 28.8 Å². The second kappa shape index (κ2) is 16.7. The van der Waals surface area contributed by atoms with Gasteiger partial charge in [0, 0.05) is 13.1 Å². The molecule has 0 saturated heterocycles. The fourth-order valence-corrected chi connectivity index (χ4v) is 2.06. The number of carbonyl (C=O) groups excluding carboxylic acids is 6. The fourth-order valence-electron chi connectivity index (χ4n) is 2.06. The average molecular weight is 430 g/mol. The van der Waals surface area contributed by atoms with Gasteiger partial charge in [0.2, 0.25) is 0 Å². The highest BCUT2D eigenvalue weighted by Gasteiger charge is 2.15. The van der Waals surface area contributed by atoms with Crippen LogP contribution in [0.4, 0.5) is 0 Å². The summed E-state index contributed by atoms with van der Waals surface area (Å²) in [4.78, 5) is 68.2. The number of nitrogens with one attached hydrogen (secondary N) is 4. The summed E-state index contributed by atoms with van der Waals surface area (Å²) in [6, 6.07) is 0. The van der Waals surface area contributed by atoms with Crippen LogP contribution in [0.3, 0.4) is 0 Å². The largest absolute Gasteiger partial charge is 0.465 e. The molecule has 0 spiro atoms. The number of unbranched alkanes of at least 4 members (excludes halogenated alkanes) is 3. The van der Waals surface area contributed by atoms with Gasteiger partial charge in [0.1, 0.15) is 13.1 Å². The first-order valence-electron chi connectivity index (χ1n) is 9.75. The van der Waals surface area contributed by atoms with Crippen molar-refractivity contribution < 1.29 is 38.2 Å². The molecule has 4 N–H and O–H groups in total. The number of hydrogen-bond donors (Lipinski definition) is 4. The lowest BCUT2D eigenvalue weighted by molar-refractivity contribution is -0.145. The van der Waals surface area contributed by atoms with Crippen LogP contribution in [0.25, 0.3) is 0 Å². The summed E-state index contributed by atoms with van der Waals surface area (Å²) in [6.45, 7) is 3.47. The fraction of sp³-hybridized carbons (Fsp3) is 0.667. The molecule has 0 aromatic heterocycles. The second-order valence-corrected chi connectivity index (χ2v) is 5.90. The zero-order valence-electron chi connectivity index (χ0n) is 17.3. The molecule has 4 amide bonds. The van der Waals surface area contributed by atoms with Gasteiger partial charge in [-0.25, -0.2) is 0 Å². The first-order chi connectivity index (χ1) is 14.3. The maximum absolute atomic E-state index is 11.5. The highest BCUT2D eigenvalue weighted by atomic mass is 16.5. The van der Waals surface area contributed by atoms with Crippen LogP contribution in [-0.2, 0) is 38.2 Å². The predicted molar refractivity (Wildman–Crippen MR) is 104 cm³/mol. The van der Waals surface area contributed by atoms with E-state index in [0.717, 1.165) is 12.8 Å². The van der Waals surface area contributed by atoms with Gasteiger partial charge in [-0.1, -0.05) is 12.8 Å². The van der Waals surface area contributed by atoms with E-state index in [9.17, 15) is 28.8 Å². The second-order valence-electron chi connectivity index (χ2n) is 5.90. The van der Waals surface area contributed by atoms with E-state index in [2.05, 4.69) is 30.7 Å². The summed E-state index contributed by atoms with van der Waals surface area (Å²) in [7, 11) is 0. The molecule has 0 aliphatic rings. The van der Waals surface area contributed by atoms with Crippen LogP contribution in [0, 0.1) is 0 Å². The maximum atomic E-state index is 11.5. The molecule has 0 atom stereocenters. The molecule has 0 aliphatic heterocycles. The van der Waals surface area contributed by atoms with Crippen molar-refractivity contribution in [3.63, 3.8) is 0 Å². The molecule has 12 heteroatoms. The molecule has 170 valence electrons.